The minimum atomic E-state index is -0.840. The first-order chi connectivity index (χ1) is 12.8. The van der Waals surface area contributed by atoms with E-state index >= 15 is 0 Å². The molecule has 142 valence electrons. The number of aryl methyl sites for hydroxylation is 2. The van der Waals surface area contributed by atoms with Crippen molar-refractivity contribution in [1.82, 2.24) is 20.4 Å². The number of carbonyl (C=O) groups is 3. The Labute approximate surface area is 157 Å². The molecule has 0 fully saturated rings. The average Bonchev–Trinajstić information content (AvgIpc) is 3.03. The maximum Gasteiger partial charge on any atom is 0.310 e. The van der Waals surface area contributed by atoms with Crippen molar-refractivity contribution in [1.29, 1.82) is 0 Å². The summed E-state index contributed by atoms with van der Waals surface area (Å²) in [7, 11) is 3.51. The average molecular weight is 369 g/mol. The Morgan fingerprint density at radius 2 is 1.85 bits per heavy atom. The summed E-state index contributed by atoms with van der Waals surface area (Å²) in [6.45, 7) is 4.19. The molecule has 0 bridgehead atoms. The van der Waals surface area contributed by atoms with E-state index in [1.807, 2.05) is 27.0 Å². The van der Waals surface area contributed by atoms with Crippen LogP contribution in [0.2, 0.25) is 0 Å². The molecule has 3 amide bonds. The van der Waals surface area contributed by atoms with Crippen molar-refractivity contribution in [3.8, 4) is 0 Å². The molecule has 1 aliphatic rings. The van der Waals surface area contributed by atoms with Crippen LogP contribution >= 0.6 is 0 Å². The van der Waals surface area contributed by atoms with Crippen molar-refractivity contribution >= 4 is 23.4 Å². The highest BCUT2D eigenvalue weighted by atomic mass is 16.2. The second-order valence-corrected chi connectivity index (χ2v) is 6.64. The van der Waals surface area contributed by atoms with Gasteiger partial charge in [-0.15, -0.1) is 0 Å². The summed E-state index contributed by atoms with van der Waals surface area (Å²) in [5, 5.41) is 9.47. The van der Waals surface area contributed by atoms with Gasteiger partial charge in [-0.3, -0.25) is 19.1 Å². The van der Waals surface area contributed by atoms with Crippen molar-refractivity contribution in [2.75, 3.05) is 18.5 Å². The first kappa shape index (κ1) is 18.6. The number of benzene rings is 1. The molecular weight excluding hydrogens is 346 g/mol. The number of para-hydroxylation sites is 1. The van der Waals surface area contributed by atoms with E-state index in [1.165, 1.54) is 4.90 Å². The van der Waals surface area contributed by atoms with Crippen LogP contribution in [0.1, 0.15) is 28.6 Å². The highest BCUT2D eigenvalue weighted by Gasteiger charge is 2.36. The molecule has 0 saturated heterocycles. The molecule has 2 heterocycles. The molecule has 27 heavy (non-hydrogen) atoms. The highest BCUT2D eigenvalue weighted by molar-refractivity contribution is 6.35. The summed E-state index contributed by atoms with van der Waals surface area (Å²) >= 11 is 0. The van der Waals surface area contributed by atoms with Crippen molar-refractivity contribution < 1.29 is 14.4 Å². The fourth-order valence-electron chi connectivity index (χ4n) is 3.38. The zero-order valence-electron chi connectivity index (χ0n) is 15.9. The van der Waals surface area contributed by atoms with Crippen LogP contribution in [0.25, 0.3) is 0 Å². The standard InChI is InChI=1S/C19H23N5O3/c1-11-13(12(2)24(4)22-11)9-10-20-17(25)18(26)21-16-14-7-5-6-8-15(14)23(3)19(16)27/h5-8,16H,9-10H2,1-4H3,(H,20,25)(H,21,26)/t16-/m1/s1. The van der Waals surface area contributed by atoms with Crippen LogP contribution in [-0.2, 0) is 27.9 Å². The number of amides is 3. The van der Waals surface area contributed by atoms with E-state index in [0.29, 0.717) is 18.5 Å². The molecule has 2 aromatic rings. The van der Waals surface area contributed by atoms with Crippen LogP contribution in [0, 0.1) is 13.8 Å². The molecule has 2 N–H and O–H groups in total. The van der Waals surface area contributed by atoms with E-state index in [9.17, 15) is 14.4 Å². The van der Waals surface area contributed by atoms with Crippen LogP contribution in [0.15, 0.2) is 24.3 Å². The van der Waals surface area contributed by atoms with E-state index in [4.69, 9.17) is 0 Å². The van der Waals surface area contributed by atoms with Crippen molar-refractivity contribution in [3.05, 3.63) is 46.8 Å². The molecule has 0 radical (unpaired) electrons. The Morgan fingerprint density at radius 1 is 1.15 bits per heavy atom. The second-order valence-electron chi connectivity index (χ2n) is 6.64. The summed E-state index contributed by atoms with van der Waals surface area (Å²) in [6, 6.07) is 6.35. The Balaban J connectivity index is 1.58. The molecule has 1 aromatic carbocycles. The van der Waals surface area contributed by atoms with E-state index in [1.54, 1.807) is 29.9 Å². The normalized spacial score (nSPS) is 15.6. The first-order valence-corrected chi connectivity index (χ1v) is 8.75. The Hall–Kier alpha value is -3.16. The maximum absolute atomic E-state index is 12.4. The largest absolute Gasteiger partial charge is 0.348 e. The summed E-state index contributed by atoms with van der Waals surface area (Å²) in [6.07, 6.45) is 0.582. The second kappa shape index (κ2) is 7.22. The van der Waals surface area contributed by atoms with Gasteiger partial charge in [0.15, 0.2) is 0 Å². The number of aromatic nitrogens is 2. The lowest BCUT2D eigenvalue weighted by molar-refractivity contribution is -0.140. The summed E-state index contributed by atoms with van der Waals surface area (Å²) in [4.78, 5) is 38.2. The summed E-state index contributed by atoms with van der Waals surface area (Å²) in [5.74, 6) is -1.84. The highest BCUT2D eigenvalue weighted by Crippen LogP contribution is 2.34. The number of anilines is 1. The number of fused-ring (bicyclic) bond motifs is 1. The van der Waals surface area contributed by atoms with Gasteiger partial charge in [-0.1, -0.05) is 18.2 Å². The fraction of sp³-hybridized carbons (Fsp3) is 0.368. The van der Waals surface area contributed by atoms with Gasteiger partial charge in [0.25, 0.3) is 5.91 Å². The van der Waals surface area contributed by atoms with E-state index in [-0.39, 0.29) is 5.91 Å². The smallest absolute Gasteiger partial charge is 0.310 e. The number of carbonyl (C=O) groups excluding carboxylic acids is 3. The van der Waals surface area contributed by atoms with Gasteiger partial charge in [0, 0.05) is 37.6 Å². The van der Waals surface area contributed by atoms with Gasteiger partial charge in [-0.25, -0.2) is 0 Å². The third-order valence-corrected chi connectivity index (χ3v) is 4.99. The van der Waals surface area contributed by atoms with E-state index < -0.39 is 17.9 Å². The number of hydrogen-bond acceptors (Lipinski definition) is 4. The van der Waals surface area contributed by atoms with E-state index in [0.717, 1.165) is 22.6 Å². The maximum atomic E-state index is 12.4. The van der Waals surface area contributed by atoms with Crippen molar-refractivity contribution in [2.45, 2.75) is 26.3 Å². The quantitative estimate of drug-likeness (QED) is 0.769. The first-order valence-electron chi connectivity index (χ1n) is 8.75. The van der Waals surface area contributed by atoms with Crippen molar-refractivity contribution in [2.24, 2.45) is 7.05 Å². The predicted molar refractivity (Wildman–Crippen MR) is 100 cm³/mol. The Bertz CT molecular complexity index is 918. The molecule has 1 aliphatic heterocycles. The Kier molecular flexibility index (Phi) is 4.98. The molecule has 0 spiro atoms. The molecule has 1 atom stereocenters. The molecule has 0 unspecified atom stereocenters. The number of nitrogens with zero attached hydrogens (tertiary/aromatic N) is 3. The number of likely N-dealkylation sites (N-methyl/N-ethyl adjacent to an activating group) is 1. The summed E-state index contributed by atoms with van der Waals surface area (Å²) < 4.78 is 1.79. The van der Waals surface area contributed by atoms with Gasteiger partial charge in [0.2, 0.25) is 0 Å². The van der Waals surface area contributed by atoms with Gasteiger partial charge in [-0.05, 0) is 31.9 Å². The molecule has 0 saturated carbocycles. The minimum absolute atomic E-state index is 0.265. The van der Waals surface area contributed by atoms with Gasteiger partial charge >= 0.3 is 11.8 Å². The van der Waals surface area contributed by atoms with E-state index in [2.05, 4.69) is 15.7 Å². The lowest BCUT2D eigenvalue weighted by Crippen LogP contribution is -2.44. The lowest BCUT2D eigenvalue weighted by atomic mass is 10.1. The topological polar surface area (TPSA) is 96.3 Å². The molecular formula is C19H23N5O3. The van der Waals surface area contributed by atoms with Crippen LogP contribution < -0.4 is 15.5 Å². The molecule has 8 nitrogen and oxygen atoms in total. The van der Waals surface area contributed by atoms with Crippen LogP contribution in [0.4, 0.5) is 5.69 Å². The van der Waals surface area contributed by atoms with Crippen LogP contribution in [0.3, 0.4) is 0 Å². The number of nitrogens with one attached hydrogen (secondary N) is 2. The third-order valence-electron chi connectivity index (χ3n) is 4.99. The molecule has 3 rings (SSSR count). The van der Waals surface area contributed by atoms with Crippen molar-refractivity contribution in [3.63, 3.8) is 0 Å². The molecule has 1 aromatic heterocycles. The zero-order chi connectivity index (χ0) is 19.7. The van der Waals surface area contributed by atoms with Gasteiger partial charge in [-0.2, -0.15) is 5.10 Å². The zero-order valence-corrected chi connectivity index (χ0v) is 15.9. The third kappa shape index (κ3) is 3.42. The Morgan fingerprint density at radius 3 is 2.52 bits per heavy atom. The van der Waals surface area contributed by atoms with Gasteiger partial charge < -0.3 is 15.5 Å². The summed E-state index contributed by atoms with van der Waals surface area (Å²) in [5.41, 5.74) is 4.41. The van der Waals surface area contributed by atoms with Crippen LogP contribution in [-0.4, -0.2) is 41.1 Å². The molecule has 8 heteroatoms. The molecule has 0 aliphatic carbocycles. The SMILES string of the molecule is Cc1nn(C)c(C)c1CCNC(=O)C(=O)N[C@H]1C(=O)N(C)c2ccccc21. The van der Waals surface area contributed by atoms with Gasteiger partial charge in [0.1, 0.15) is 6.04 Å². The van der Waals surface area contributed by atoms with Crippen LogP contribution in [0.5, 0.6) is 0 Å². The fourth-order valence-corrected chi connectivity index (χ4v) is 3.38. The lowest BCUT2D eigenvalue weighted by Gasteiger charge is -2.13. The van der Waals surface area contributed by atoms with Gasteiger partial charge in [0.05, 0.1) is 5.69 Å². The predicted octanol–water partition coefficient (Wildman–Crippen LogP) is 0.530. The number of hydrogen-bond donors (Lipinski definition) is 2. The number of rotatable bonds is 4. The minimum Gasteiger partial charge on any atom is -0.348 e. The monoisotopic (exact) mass is 369 g/mol.